The van der Waals surface area contributed by atoms with Gasteiger partial charge in [0.2, 0.25) is 23.6 Å². The van der Waals surface area contributed by atoms with Gasteiger partial charge in [-0.2, -0.15) is 0 Å². The third kappa shape index (κ3) is 9.49. The minimum Gasteiger partial charge on any atom is -0.394 e. The minimum atomic E-state index is -0.783. The number of aliphatic hydroxyl groups excluding tert-OH is 2. The van der Waals surface area contributed by atoms with Crippen LogP contribution in [0, 0.1) is 11.3 Å². The third-order valence-corrected chi connectivity index (χ3v) is 8.75. The number of aliphatic hydroxyl groups is 2. The van der Waals surface area contributed by atoms with Crippen LogP contribution in [0.2, 0.25) is 0 Å². The van der Waals surface area contributed by atoms with Gasteiger partial charge in [0.15, 0.2) is 0 Å². The van der Waals surface area contributed by atoms with Gasteiger partial charge in [-0.05, 0) is 64.3 Å². The lowest BCUT2D eigenvalue weighted by Crippen LogP contribution is -2.60. The van der Waals surface area contributed by atoms with Gasteiger partial charge in [-0.15, -0.1) is 0 Å². The summed E-state index contributed by atoms with van der Waals surface area (Å²) in [6.45, 7) is 16.1. The van der Waals surface area contributed by atoms with Crippen LogP contribution in [0.1, 0.15) is 87.5 Å². The van der Waals surface area contributed by atoms with E-state index in [4.69, 9.17) is 0 Å². The fraction of sp³-hybridized carbons (Fsp3) is 0.812. The lowest BCUT2D eigenvalue weighted by Gasteiger charge is -2.41. The molecule has 4 atom stereocenters. The zero-order chi connectivity index (χ0) is 32.6. The van der Waals surface area contributed by atoms with E-state index in [0.29, 0.717) is 25.0 Å². The van der Waals surface area contributed by atoms with Crippen molar-refractivity contribution in [2.75, 3.05) is 33.4 Å². The molecular formula is C32H57N5O6. The number of carbonyl (C=O) groups excluding carboxylic acids is 4. The van der Waals surface area contributed by atoms with Crippen LogP contribution in [0.3, 0.4) is 0 Å². The van der Waals surface area contributed by atoms with Gasteiger partial charge in [0.05, 0.1) is 31.3 Å². The molecule has 0 radical (unpaired) electrons. The summed E-state index contributed by atoms with van der Waals surface area (Å²) in [5, 5.41) is 24.4. The molecule has 0 aliphatic carbocycles. The second-order valence-electron chi connectivity index (χ2n) is 13.9. The summed E-state index contributed by atoms with van der Waals surface area (Å²) in [5.41, 5.74) is -0.129. The number of nitrogens with one attached hydrogen (secondary N) is 2. The molecule has 1 unspecified atom stereocenters. The van der Waals surface area contributed by atoms with E-state index in [2.05, 4.69) is 29.4 Å². The molecule has 2 heterocycles. The Bertz CT molecular complexity index is 1000. The maximum atomic E-state index is 14.1. The number of rotatable bonds is 12. The van der Waals surface area contributed by atoms with Gasteiger partial charge in [-0.1, -0.05) is 47.1 Å². The number of piperidine rings is 1. The van der Waals surface area contributed by atoms with Gasteiger partial charge in [-0.25, -0.2) is 0 Å². The summed E-state index contributed by atoms with van der Waals surface area (Å²) in [6.07, 6.45) is 5.73. The first kappa shape index (κ1) is 36.7. The van der Waals surface area contributed by atoms with Gasteiger partial charge in [0.1, 0.15) is 12.1 Å². The predicted molar refractivity (Wildman–Crippen MR) is 167 cm³/mol. The third-order valence-electron chi connectivity index (χ3n) is 8.75. The van der Waals surface area contributed by atoms with Crippen molar-refractivity contribution in [3.05, 3.63) is 11.6 Å². The number of amides is 4. The number of carbonyl (C=O) groups is 4. The number of likely N-dealkylation sites (N-methyl/N-ethyl adjacent to an activating group) is 1. The van der Waals surface area contributed by atoms with E-state index in [9.17, 15) is 29.4 Å². The molecular weight excluding hydrogens is 550 g/mol. The van der Waals surface area contributed by atoms with E-state index in [-0.39, 0.29) is 35.7 Å². The van der Waals surface area contributed by atoms with Crippen molar-refractivity contribution in [1.29, 1.82) is 0 Å². The Morgan fingerprint density at radius 2 is 1.49 bits per heavy atom. The lowest BCUT2D eigenvalue weighted by atomic mass is 9.84. The molecule has 11 heteroatoms. The van der Waals surface area contributed by atoms with Crippen molar-refractivity contribution >= 4 is 23.6 Å². The molecule has 0 aromatic heterocycles. The van der Waals surface area contributed by atoms with E-state index in [1.165, 1.54) is 4.90 Å². The number of hydrogen-bond donors (Lipinski definition) is 4. The minimum absolute atomic E-state index is 0.0321. The zero-order valence-electron chi connectivity index (χ0n) is 27.9. The molecule has 43 heavy (non-hydrogen) atoms. The SMILES string of the molecule is C/C(=C\[C@H](C(C)C)N(C)C(=O)[C@@H](NC(=O)C1CCCCN1C(C)C)C(C)(C)C)C(=O)N1CCC[C@H]1C(=O)NC(CO)CO. The molecule has 2 fully saturated rings. The Morgan fingerprint density at radius 3 is 2.02 bits per heavy atom. The Morgan fingerprint density at radius 1 is 0.907 bits per heavy atom. The Hall–Kier alpha value is -2.50. The first-order chi connectivity index (χ1) is 20.0. The van der Waals surface area contributed by atoms with Crippen LogP contribution in [0.25, 0.3) is 0 Å². The fourth-order valence-corrected chi connectivity index (χ4v) is 6.13. The van der Waals surface area contributed by atoms with Crippen molar-refractivity contribution in [2.45, 2.75) is 124 Å². The Balaban J connectivity index is 2.26. The summed E-state index contributed by atoms with van der Waals surface area (Å²) in [5.74, 6) is -1.07. The molecule has 0 bridgehead atoms. The zero-order valence-corrected chi connectivity index (χ0v) is 27.9. The standard InChI is InChI=1S/C32H57N5O6/c1-20(2)26(17-22(5)30(42)37-16-12-14-25(37)28(40)33-23(18-38)19-39)35(9)31(43)27(32(6,7)8)34-29(41)24-13-10-11-15-36(24)21(3)4/h17,20-21,23-27,38-39H,10-16,18-19H2,1-9H3,(H,33,40)(H,34,41)/b22-17+/t24?,25-,26+,27+/m0/s1. The van der Waals surface area contributed by atoms with Crippen LogP contribution in [-0.2, 0) is 19.2 Å². The number of hydrogen-bond acceptors (Lipinski definition) is 7. The number of likely N-dealkylation sites (tertiary alicyclic amines) is 2. The van der Waals surface area contributed by atoms with E-state index in [1.807, 2.05) is 34.6 Å². The van der Waals surface area contributed by atoms with Gasteiger partial charge >= 0.3 is 0 Å². The maximum absolute atomic E-state index is 14.1. The molecule has 11 nitrogen and oxygen atoms in total. The molecule has 2 rings (SSSR count). The first-order valence-electron chi connectivity index (χ1n) is 15.9. The Kier molecular flexibility index (Phi) is 13.6. The summed E-state index contributed by atoms with van der Waals surface area (Å²) in [6, 6.07) is -2.71. The lowest BCUT2D eigenvalue weighted by molar-refractivity contribution is -0.142. The quantitative estimate of drug-likeness (QED) is 0.247. The monoisotopic (exact) mass is 607 g/mol. The average molecular weight is 608 g/mol. The van der Waals surface area contributed by atoms with Crippen molar-refractivity contribution < 1.29 is 29.4 Å². The summed E-state index contributed by atoms with van der Waals surface area (Å²) in [4.78, 5) is 59.4. The predicted octanol–water partition coefficient (Wildman–Crippen LogP) is 1.67. The van der Waals surface area contributed by atoms with E-state index in [1.54, 1.807) is 24.9 Å². The molecule has 2 aliphatic rings. The molecule has 246 valence electrons. The van der Waals surface area contributed by atoms with Crippen molar-refractivity contribution in [3.8, 4) is 0 Å². The average Bonchev–Trinajstić information content (AvgIpc) is 3.45. The fourth-order valence-electron chi connectivity index (χ4n) is 6.13. The molecule has 0 aromatic rings. The second-order valence-corrected chi connectivity index (χ2v) is 13.9. The second kappa shape index (κ2) is 16.0. The van der Waals surface area contributed by atoms with Crippen molar-refractivity contribution in [3.63, 3.8) is 0 Å². The molecule has 4 N–H and O–H groups in total. The van der Waals surface area contributed by atoms with Gasteiger partial charge in [0, 0.05) is 25.2 Å². The van der Waals surface area contributed by atoms with Crippen LogP contribution in [-0.4, -0.2) is 118 Å². The topological polar surface area (TPSA) is 143 Å². The van der Waals surface area contributed by atoms with Gasteiger partial charge in [-0.3, -0.25) is 24.1 Å². The van der Waals surface area contributed by atoms with Crippen LogP contribution in [0.4, 0.5) is 0 Å². The largest absolute Gasteiger partial charge is 0.394 e. The maximum Gasteiger partial charge on any atom is 0.249 e. The highest BCUT2D eigenvalue weighted by Crippen LogP contribution is 2.27. The van der Waals surface area contributed by atoms with Crippen LogP contribution < -0.4 is 10.6 Å². The van der Waals surface area contributed by atoms with Crippen molar-refractivity contribution in [2.24, 2.45) is 11.3 Å². The Labute approximate surface area is 258 Å². The van der Waals surface area contributed by atoms with E-state index in [0.717, 1.165) is 25.8 Å². The molecule has 4 amide bonds. The summed E-state index contributed by atoms with van der Waals surface area (Å²) in [7, 11) is 1.71. The van der Waals surface area contributed by atoms with Crippen molar-refractivity contribution in [1.82, 2.24) is 25.3 Å². The summed E-state index contributed by atoms with van der Waals surface area (Å²) >= 11 is 0. The van der Waals surface area contributed by atoms with Crippen LogP contribution in [0.15, 0.2) is 11.6 Å². The smallest absolute Gasteiger partial charge is 0.249 e. The summed E-state index contributed by atoms with van der Waals surface area (Å²) < 4.78 is 0. The van der Waals surface area contributed by atoms with Crippen LogP contribution in [0.5, 0.6) is 0 Å². The molecule has 2 aliphatic heterocycles. The molecule has 0 spiro atoms. The highest BCUT2D eigenvalue weighted by atomic mass is 16.3. The van der Waals surface area contributed by atoms with E-state index < -0.39 is 48.7 Å². The molecule has 0 saturated carbocycles. The number of nitrogens with zero attached hydrogens (tertiary/aromatic N) is 3. The molecule has 2 saturated heterocycles. The highest BCUT2D eigenvalue weighted by molar-refractivity contribution is 5.97. The molecule has 0 aromatic carbocycles. The van der Waals surface area contributed by atoms with E-state index >= 15 is 0 Å². The van der Waals surface area contributed by atoms with Gasteiger partial charge in [0.25, 0.3) is 0 Å². The normalized spacial score (nSPS) is 21.7. The highest BCUT2D eigenvalue weighted by Gasteiger charge is 2.40. The first-order valence-corrected chi connectivity index (χ1v) is 15.9. The van der Waals surface area contributed by atoms with Crippen LogP contribution >= 0.6 is 0 Å². The van der Waals surface area contributed by atoms with Gasteiger partial charge < -0.3 is 30.6 Å².